The normalized spacial score (nSPS) is 10.8. The van der Waals surface area contributed by atoms with E-state index in [2.05, 4.69) is 109 Å². The number of nitrogens with zero attached hydrogens (tertiary/aromatic N) is 1. The third-order valence-corrected chi connectivity index (χ3v) is 5.61. The van der Waals surface area contributed by atoms with E-state index in [0.717, 1.165) is 5.75 Å². The Bertz CT molecular complexity index is 973. The van der Waals surface area contributed by atoms with E-state index in [9.17, 15) is 0 Å². The van der Waals surface area contributed by atoms with Crippen LogP contribution in [0.4, 0.5) is 0 Å². The predicted molar refractivity (Wildman–Crippen MR) is 112 cm³/mol. The van der Waals surface area contributed by atoms with Gasteiger partial charge in [0, 0.05) is 22.7 Å². The highest BCUT2D eigenvalue weighted by molar-refractivity contribution is 7.98. The van der Waals surface area contributed by atoms with Crippen LogP contribution in [0.2, 0.25) is 0 Å². The first-order valence-electron chi connectivity index (χ1n) is 8.83. The van der Waals surface area contributed by atoms with Crippen molar-refractivity contribution in [2.75, 3.05) is 0 Å². The standard InChI is InChI=1S/C24H21NS/c1-19-17-23(21-13-7-3-8-14-21)24(25(19)22-15-9-4-10-16-22)26-18-20-11-5-2-6-12-20/h2-17H,18H2,1H3. The summed E-state index contributed by atoms with van der Waals surface area (Å²) in [5.41, 5.74) is 6.37. The van der Waals surface area contributed by atoms with Crippen LogP contribution in [0.3, 0.4) is 0 Å². The molecule has 0 atom stereocenters. The van der Waals surface area contributed by atoms with Crippen LogP contribution in [-0.2, 0) is 5.75 Å². The van der Waals surface area contributed by atoms with Crippen LogP contribution >= 0.6 is 11.8 Å². The van der Waals surface area contributed by atoms with Gasteiger partial charge >= 0.3 is 0 Å². The van der Waals surface area contributed by atoms with Crippen molar-refractivity contribution in [2.45, 2.75) is 17.7 Å². The number of aryl methyl sites for hydroxylation is 1. The Morgan fingerprint density at radius 1 is 0.731 bits per heavy atom. The van der Waals surface area contributed by atoms with Crippen LogP contribution < -0.4 is 0 Å². The lowest BCUT2D eigenvalue weighted by molar-refractivity contribution is 0.914. The zero-order valence-corrected chi connectivity index (χ0v) is 15.6. The lowest BCUT2D eigenvalue weighted by atomic mass is 10.1. The minimum atomic E-state index is 0.955. The zero-order valence-electron chi connectivity index (χ0n) is 14.8. The summed E-state index contributed by atoms with van der Waals surface area (Å²) in [5.74, 6) is 0.955. The lowest BCUT2D eigenvalue weighted by Gasteiger charge is -2.13. The fourth-order valence-electron chi connectivity index (χ4n) is 3.21. The number of aromatic nitrogens is 1. The molecule has 2 heteroatoms. The van der Waals surface area contributed by atoms with E-state index in [1.54, 1.807) is 0 Å². The van der Waals surface area contributed by atoms with E-state index >= 15 is 0 Å². The summed E-state index contributed by atoms with van der Waals surface area (Å²) >= 11 is 1.90. The zero-order chi connectivity index (χ0) is 17.8. The molecule has 128 valence electrons. The van der Waals surface area contributed by atoms with Gasteiger partial charge in [0.2, 0.25) is 0 Å². The molecule has 4 rings (SSSR count). The van der Waals surface area contributed by atoms with Gasteiger partial charge in [-0.1, -0.05) is 78.9 Å². The number of hydrogen-bond donors (Lipinski definition) is 0. The third-order valence-electron chi connectivity index (χ3n) is 4.46. The fourth-order valence-corrected chi connectivity index (χ4v) is 4.41. The number of benzene rings is 3. The topological polar surface area (TPSA) is 4.93 Å². The van der Waals surface area contributed by atoms with Gasteiger partial charge in [0.05, 0.1) is 5.03 Å². The minimum absolute atomic E-state index is 0.955. The molecule has 0 aliphatic rings. The van der Waals surface area contributed by atoms with Crippen molar-refractivity contribution in [3.05, 3.63) is 108 Å². The van der Waals surface area contributed by atoms with E-state index in [1.807, 2.05) is 11.8 Å². The molecule has 0 aliphatic carbocycles. The number of rotatable bonds is 5. The Morgan fingerprint density at radius 3 is 1.96 bits per heavy atom. The Kier molecular flexibility index (Phi) is 4.94. The lowest BCUT2D eigenvalue weighted by Crippen LogP contribution is -1.98. The second-order valence-electron chi connectivity index (χ2n) is 6.32. The van der Waals surface area contributed by atoms with E-state index in [0.29, 0.717) is 0 Å². The van der Waals surface area contributed by atoms with Gasteiger partial charge in [-0.15, -0.1) is 11.8 Å². The Balaban J connectivity index is 1.80. The maximum absolute atomic E-state index is 2.37. The molecule has 1 heterocycles. The summed E-state index contributed by atoms with van der Waals surface area (Å²) in [6.45, 7) is 2.19. The summed E-state index contributed by atoms with van der Waals surface area (Å²) in [7, 11) is 0. The van der Waals surface area contributed by atoms with Crippen molar-refractivity contribution < 1.29 is 0 Å². The molecule has 0 fully saturated rings. The first-order chi connectivity index (χ1) is 12.8. The van der Waals surface area contributed by atoms with Gasteiger partial charge in [0.1, 0.15) is 0 Å². The molecule has 0 saturated heterocycles. The molecule has 0 N–H and O–H groups in total. The molecule has 0 spiro atoms. The van der Waals surface area contributed by atoms with E-state index in [1.165, 1.54) is 33.1 Å². The molecule has 0 unspecified atom stereocenters. The molecule has 0 bridgehead atoms. The first-order valence-corrected chi connectivity index (χ1v) is 9.81. The van der Waals surface area contributed by atoms with Gasteiger partial charge < -0.3 is 4.57 Å². The van der Waals surface area contributed by atoms with E-state index < -0.39 is 0 Å². The molecule has 0 saturated carbocycles. The van der Waals surface area contributed by atoms with Crippen molar-refractivity contribution in [3.63, 3.8) is 0 Å². The van der Waals surface area contributed by atoms with Crippen LogP contribution in [0.1, 0.15) is 11.3 Å². The second kappa shape index (κ2) is 7.67. The van der Waals surface area contributed by atoms with Crippen molar-refractivity contribution in [3.8, 4) is 16.8 Å². The van der Waals surface area contributed by atoms with Crippen LogP contribution in [0.25, 0.3) is 16.8 Å². The third kappa shape index (κ3) is 3.47. The largest absolute Gasteiger partial charge is 0.308 e. The van der Waals surface area contributed by atoms with Gasteiger partial charge in [-0.3, -0.25) is 0 Å². The summed E-state index contributed by atoms with van der Waals surface area (Å²) in [5, 5.41) is 1.30. The first kappa shape index (κ1) is 16.7. The minimum Gasteiger partial charge on any atom is -0.308 e. The monoisotopic (exact) mass is 355 g/mol. The summed E-state index contributed by atoms with van der Waals surface area (Å²) in [4.78, 5) is 0. The molecule has 1 nitrogen and oxygen atoms in total. The highest BCUT2D eigenvalue weighted by Crippen LogP contribution is 2.38. The summed E-state index contributed by atoms with van der Waals surface area (Å²) in [6, 6.07) is 34.3. The molecule has 1 aromatic heterocycles. The second-order valence-corrected chi connectivity index (χ2v) is 7.28. The van der Waals surface area contributed by atoms with Gasteiger partial charge in [-0.05, 0) is 36.2 Å². The molecule has 0 amide bonds. The molecule has 26 heavy (non-hydrogen) atoms. The van der Waals surface area contributed by atoms with Crippen LogP contribution in [0, 0.1) is 6.92 Å². The molecule has 0 radical (unpaired) electrons. The molecule has 0 aliphatic heterocycles. The maximum atomic E-state index is 2.37. The Morgan fingerprint density at radius 2 is 1.31 bits per heavy atom. The molecular weight excluding hydrogens is 334 g/mol. The Hall–Kier alpha value is -2.71. The predicted octanol–water partition coefficient (Wildman–Crippen LogP) is 6.75. The van der Waals surface area contributed by atoms with E-state index in [4.69, 9.17) is 0 Å². The average Bonchev–Trinajstić information content (AvgIpc) is 3.04. The maximum Gasteiger partial charge on any atom is 0.0879 e. The van der Waals surface area contributed by atoms with Gasteiger partial charge in [-0.25, -0.2) is 0 Å². The van der Waals surface area contributed by atoms with Crippen molar-refractivity contribution in [2.24, 2.45) is 0 Å². The molecule has 3 aromatic carbocycles. The van der Waals surface area contributed by atoms with Crippen molar-refractivity contribution >= 4 is 11.8 Å². The quantitative estimate of drug-likeness (QED) is 0.359. The average molecular weight is 356 g/mol. The van der Waals surface area contributed by atoms with Gasteiger partial charge in [-0.2, -0.15) is 0 Å². The van der Waals surface area contributed by atoms with Crippen LogP contribution in [-0.4, -0.2) is 4.57 Å². The van der Waals surface area contributed by atoms with Crippen molar-refractivity contribution in [1.82, 2.24) is 4.57 Å². The van der Waals surface area contributed by atoms with Gasteiger partial charge in [0.15, 0.2) is 0 Å². The fraction of sp³-hybridized carbons (Fsp3) is 0.0833. The highest BCUT2D eigenvalue weighted by atomic mass is 32.2. The molecule has 4 aromatic rings. The van der Waals surface area contributed by atoms with Crippen LogP contribution in [0.5, 0.6) is 0 Å². The molecular formula is C24H21NS. The summed E-state index contributed by atoms with van der Waals surface area (Å²) < 4.78 is 2.37. The number of hydrogen-bond acceptors (Lipinski definition) is 1. The highest BCUT2D eigenvalue weighted by Gasteiger charge is 2.16. The van der Waals surface area contributed by atoms with Crippen molar-refractivity contribution in [1.29, 1.82) is 0 Å². The van der Waals surface area contributed by atoms with Gasteiger partial charge in [0.25, 0.3) is 0 Å². The SMILES string of the molecule is Cc1cc(-c2ccccc2)c(SCc2ccccc2)n1-c1ccccc1. The number of thioether (sulfide) groups is 1. The Labute approximate surface area is 159 Å². The number of para-hydroxylation sites is 1. The van der Waals surface area contributed by atoms with Crippen LogP contribution in [0.15, 0.2) is 102 Å². The smallest absolute Gasteiger partial charge is 0.0879 e. The summed E-state index contributed by atoms with van der Waals surface area (Å²) in [6.07, 6.45) is 0. The van der Waals surface area contributed by atoms with E-state index in [-0.39, 0.29) is 0 Å².